The molecule has 27 heavy (non-hydrogen) atoms. The zero-order valence-electron chi connectivity index (χ0n) is 17.3. The molecule has 0 aliphatic heterocycles. The van der Waals surface area contributed by atoms with Gasteiger partial charge in [0.05, 0.1) is 12.2 Å². The van der Waals surface area contributed by atoms with Gasteiger partial charge in [0.25, 0.3) is 0 Å². The second kappa shape index (κ2) is 13.4. The Bertz CT molecular complexity index is 643. The van der Waals surface area contributed by atoms with Gasteiger partial charge in [-0.25, -0.2) is 0 Å². The van der Waals surface area contributed by atoms with E-state index in [2.05, 4.69) is 66.7 Å². The number of amides is 1. The molecular weight excluding hydrogens is 356 g/mol. The van der Waals surface area contributed by atoms with Crippen LogP contribution in [0.3, 0.4) is 0 Å². The summed E-state index contributed by atoms with van der Waals surface area (Å²) in [6.45, 7) is 10.2. The van der Waals surface area contributed by atoms with E-state index in [0.29, 0.717) is 0 Å². The monoisotopic (exact) mass is 390 g/mol. The molecule has 1 aromatic heterocycles. The van der Waals surface area contributed by atoms with Crippen LogP contribution in [0, 0.1) is 0 Å². The van der Waals surface area contributed by atoms with Crippen LogP contribution >= 0.6 is 11.8 Å². The number of carbonyl (C=O) groups excluding carboxylic acids is 1. The van der Waals surface area contributed by atoms with Crippen LogP contribution < -0.4 is 5.32 Å². The van der Waals surface area contributed by atoms with Crippen molar-refractivity contribution in [3.63, 3.8) is 0 Å². The van der Waals surface area contributed by atoms with Crippen LogP contribution in [-0.4, -0.2) is 32.8 Å². The molecule has 6 heteroatoms. The molecule has 1 atom stereocenters. The predicted octanol–water partition coefficient (Wildman–Crippen LogP) is 5.13. The molecule has 0 spiro atoms. The zero-order chi connectivity index (χ0) is 20.1. The SMILES string of the molecule is CC(=O)NC(CSC/C=C(\C)CC/C=C(\C)CCC=C(C)C)c1cn[nH]n1. The Morgan fingerprint density at radius 2 is 1.78 bits per heavy atom. The Hall–Kier alpha value is -1.82. The number of rotatable bonds is 12. The lowest BCUT2D eigenvalue weighted by molar-refractivity contribution is -0.119. The first kappa shape index (κ1) is 23.2. The summed E-state index contributed by atoms with van der Waals surface area (Å²) in [5.74, 6) is 1.66. The minimum Gasteiger partial charge on any atom is -0.347 e. The minimum atomic E-state index is -0.105. The number of hydrogen-bond acceptors (Lipinski definition) is 4. The molecule has 0 bridgehead atoms. The fraction of sp³-hybridized carbons (Fsp3) is 0.571. The third-order valence-electron chi connectivity index (χ3n) is 4.13. The number of nitrogens with zero attached hydrogens (tertiary/aromatic N) is 2. The molecule has 1 amide bonds. The summed E-state index contributed by atoms with van der Waals surface area (Å²) in [4.78, 5) is 11.4. The first-order valence-corrected chi connectivity index (χ1v) is 10.7. The highest BCUT2D eigenvalue weighted by atomic mass is 32.2. The lowest BCUT2D eigenvalue weighted by Gasteiger charge is -2.14. The Morgan fingerprint density at radius 1 is 1.11 bits per heavy atom. The predicted molar refractivity (Wildman–Crippen MR) is 116 cm³/mol. The summed E-state index contributed by atoms with van der Waals surface area (Å²) in [5.41, 5.74) is 5.05. The summed E-state index contributed by atoms with van der Waals surface area (Å²) >= 11 is 1.79. The van der Waals surface area contributed by atoms with Crippen molar-refractivity contribution in [3.8, 4) is 0 Å². The van der Waals surface area contributed by atoms with E-state index < -0.39 is 0 Å². The van der Waals surface area contributed by atoms with Gasteiger partial charge in [0, 0.05) is 18.4 Å². The molecule has 1 aromatic rings. The second-order valence-electron chi connectivity index (χ2n) is 7.15. The number of thioether (sulfide) groups is 1. The number of carbonyl (C=O) groups is 1. The third-order valence-corrected chi connectivity index (χ3v) is 5.10. The molecule has 2 N–H and O–H groups in total. The van der Waals surface area contributed by atoms with Gasteiger partial charge in [-0.2, -0.15) is 27.2 Å². The molecule has 0 aliphatic rings. The fourth-order valence-corrected chi connectivity index (χ4v) is 3.58. The number of H-pyrrole nitrogens is 1. The van der Waals surface area contributed by atoms with Crippen LogP contribution in [0.2, 0.25) is 0 Å². The van der Waals surface area contributed by atoms with E-state index in [4.69, 9.17) is 0 Å². The van der Waals surface area contributed by atoms with Gasteiger partial charge in [-0.1, -0.05) is 34.9 Å². The Kier molecular flexibility index (Phi) is 11.5. The van der Waals surface area contributed by atoms with Crippen molar-refractivity contribution in [3.05, 3.63) is 46.8 Å². The van der Waals surface area contributed by atoms with Crippen molar-refractivity contribution >= 4 is 17.7 Å². The number of aromatic amines is 1. The molecule has 0 fully saturated rings. The largest absolute Gasteiger partial charge is 0.347 e. The lowest BCUT2D eigenvalue weighted by Crippen LogP contribution is -2.28. The highest BCUT2D eigenvalue weighted by molar-refractivity contribution is 7.99. The zero-order valence-corrected chi connectivity index (χ0v) is 18.2. The van der Waals surface area contributed by atoms with Gasteiger partial charge in [0.15, 0.2) is 0 Å². The third kappa shape index (κ3) is 11.5. The smallest absolute Gasteiger partial charge is 0.217 e. The van der Waals surface area contributed by atoms with Crippen LogP contribution in [0.1, 0.15) is 72.0 Å². The van der Waals surface area contributed by atoms with Gasteiger partial charge in [0.2, 0.25) is 5.91 Å². The van der Waals surface area contributed by atoms with Gasteiger partial charge in [-0.05, 0) is 53.4 Å². The molecule has 1 unspecified atom stereocenters. The van der Waals surface area contributed by atoms with Crippen molar-refractivity contribution in [1.29, 1.82) is 0 Å². The average Bonchev–Trinajstić information content (AvgIpc) is 3.11. The van der Waals surface area contributed by atoms with Gasteiger partial charge in [-0.3, -0.25) is 4.79 Å². The van der Waals surface area contributed by atoms with Gasteiger partial charge in [-0.15, -0.1) is 0 Å². The highest BCUT2D eigenvalue weighted by Crippen LogP contribution is 2.17. The molecule has 5 nitrogen and oxygen atoms in total. The van der Waals surface area contributed by atoms with Crippen LogP contribution in [-0.2, 0) is 4.79 Å². The Labute approximate surface area is 168 Å². The van der Waals surface area contributed by atoms with Crippen LogP contribution in [0.5, 0.6) is 0 Å². The van der Waals surface area contributed by atoms with E-state index in [0.717, 1.165) is 42.9 Å². The molecule has 0 aliphatic carbocycles. The van der Waals surface area contributed by atoms with Crippen LogP contribution in [0.25, 0.3) is 0 Å². The molecule has 0 saturated carbocycles. The molecule has 150 valence electrons. The second-order valence-corrected chi connectivity index (χ2v) is 8.22. The number of hydrogen-bond donors (Lipinski definition) is 2. The topological polar surface area (TPSA) is 70.7 Å². The van der Waals surface area contributed by atoms with E-state index in [1.54, 1.807) is 18.0 Å². The summed E-state index contributed by atoms with van der Waals surface area (Å²) in [6.07, 6.45) is 13.1. The lowest BCUT2D eigenvalue weighted by atomic mass is 10.1. The Morgan fingerprint density at radius 3 is 2.37 bits per heavy atom. The van der Waals surface area contributed by atoms with Gasteiger partial charge >= 0.3 is 0 Å². The molecule has 0 radical (unpaired) electrons. The van der Waals surface area contributed by atoms with Gasteiger partial charge < -0.3 is 5.32 Å². The number of aromatic nitrogens is 3. The summed E-state index contributed by atoms with van der Waals surface area (Å²) in [5, 5.41) is 13.4. The van der Waals surface area contributed by atoms with Crippen LogP contribution in [0.4, 0.5) is 0 Å². The van der Waals surface area contributed by atoms with E-state index in [1.165, 1.54) is 23.6 Å². The van der Waals surface area contributed by atoms with E-state index in [9.17, 15) is 4.79 Å². The molecule has 0 saturated heterocycles. The average molecular weight is 391 g/mol. The summed E-state index contributed by atoms with van der Waals surface area (Å²) in [6, 6.07) is -0.105. The first-order valence-electron chi connectivity index (χ1n) is 9.53. The summed E-state index contributed by atoms with van der Waals surface area (Å²) < 4.78 is 0. The minimum absolute atomic E-state index is 0.0536. The van der Waals surface area contributed by atoms with Gasteiger partial charge in [0.1, 0.15) is 5.69 Å². The van der Waals surface area contributed by atoms with Crippen molar-refractivity contribution in [1.82, 2.24) is 20.7 Å². The Balaban J connectivity index is 2.31. The molecular formula is C21H34N4OS. The van der Waals surface area contributed by atoms with E-state index in [1.807, 2.05) is 0 Å². The van der Waals surface area contributed by atoms with Crippen molar-refractivity contribution in [2.45, 2.75) is 66.3 Å². The first-order chi connectivity index (χ1) is 12.9. The molecule has 0 aromatic carbocycles. The number of nitrogens with one attached hydrogen (secondary N) is 2. The number of allylic oxidation sites excluding steroid dienone is 5. The van der Waals surface area contributed by atoms with E-state index >= 15 is 0 Å². The summed E-state index contributed by atoms with van der Waals surface area (Å²) in [7, 11) is 0. The van der Waals surface area contributed by atoms with Crippen molar-refractivity contribution in [2.24, 2.45) is 0 Å². The maximum Gasteiger partial charge on any atom is 0.217 e. The highest BCUT2D eigenvalue weighted by Gasteiger charge is 2.15. The quantitative estimate of drug-likeness (QED) is 0.383. The molecule has 1 heterocycles. The van der Waals surface area contributed by atoms with Crippen molar-refractivity contribution in [2.75, 3.05) is 11.5 Å². The normalized spacial score (nSPS) is 13.4. The van der Waals surface area contributed by atoms with Crippen molar-refractivity contribution < 1.29 is 4.79 Å². The standard InChI is InChI=1S/C21H34N4OS/c1-16(2)8-6-9-17(3)10-7-11-18(4)12-13-27-15-21(23-19(5)26)20-14-22-25-24-20/h8,10,12,14,21H,6-7,9,11,13,15H2,1-5H3,(H,23,26)(H,22,24,25)/b17-10+,18-12+. The van der Waals surface area contributed by atoms with E-state index in [-0.39, 0.29) is 11.9 Å². The molecule has 1 rings (SSSR count). The van der Waals surface area contributed by atoms with Crippen LogP contribution in [0.15, 0.2) is 41.1 Å². The fourth-order valence-electron chi connectivity index (χ4n) is 2.55. The maximum absolute atomic E-state index is 11.4. The maximum atomic E-state index is 11.4.